The first-order valence-corrected chi connectivity index (χ1v) is 6.51. The van der Waals surface area contributed by atoms with Crippen LogP contribution in [0.4, 0.5) is 15.8 Å². The topological polar surface area (TPSA) is 41.1 Å². The molecule has 17 heavy (non-hydrogen) atoms. The first kappa shape index (κ1) is 11.0. The summed E-state index contributed by atoms with van der Waals surface area (Å²) in [4.78, 5) is 12.0. The molecule has 2 N–H and O–H groups in total. The van der Waals surface area contributed by atoms with E-state index in [9.17, 15) is 9.18 Å². The molecule has 90 valence electrons. The van der Waals surface area contributed by atoms with Gasteiger partial charge in [0.2, 0.25) is 5.91 Å². The van der Waals surface area contributed by atoms with Crippen molar-refractivity contribution in [1.82, 2.24) is 0 Å². The van der Waals surface area contributed by atoms with E-state index in [-0.39, 0.29) is 23.7 Å². The van der Waals surface area contributed by atoms with Crippen LogP contribution in [0.1, 0.15) is 19.3 Å². The second kappa shape index (κ2) is 3.98. The van der Waals surface area contributed by atoms with Crippen molar-refractivity contribution < 1.29 is 9.18 Å². The molecule has 0 spiro atoms. The largest absolute Gasteiger partial charge is 0.380 e. The number of carbonyl (C=O) groups excluding carboxylic acids is 1. The highest BCUT2D eigenvalue weighted by molar-refractivity contribution is 9.10. The molecule has 1 fully saturated rings. The number of rotatable bonds is 0. The number of anilines is 2. The average Bonchev–Trinajstić information content (AvgIpc) is 2.69. The van der Waals surface area contributed by atoms with Gasteiger partial charge in [-0.15, -0.1) is 0 Å². The third-order valence-corrected chi connectivity index (χ3v) is 4.12. The van der Waals surface area contributed by atoms with Crippen LogP contribution in [0, 0.1) is 11.7 Å². The van der Waals surface area contributed by atoms with Gasteiger partial charge >= 0.3 is 0 Å². The van der Waals surface area contributed by atoms with E-state index in [0.717, 1.165) is 24.9 Å². The van der Waals surface area contributed by atoms with Gasteiger partial charge in [-0.2, -0.15) is 0 Å². The molecular formula is C12H12BrFN2O. The van der Waals surface area contributed by atoms with Gasteiger partial charge in [0, 0.05) is 12.1 Å². The number of nitrogens with one attached hydrogen (secondary N) is 2. The molecule has 0 aromatic heterocycles. The van der Waals surface area contributed by atoms with E-state index in [1.807, 2.05) is 0 Å². The Labute approximate surface area is 107 Å². The molecule has 5 heteroatoms. The van der Waals surface area contributed by atoms with Crippen molar-refractivity contribution >= 4 is 33.2 Å². The fraction of sp³-hybridized carbons (Fsp3) is 0.417. The van der Waals surface area contributed by atoms with Crippen molar-refractivity contribution in [2.24, 2.45) is 5.92 Å². The predicted octanol–water partition coefficient (Wildman–Crippen LogP) is 3.12. The van der Waals surface area contributed by atoms with Gasteiger partial charge in [-0.3, -0.25) is 4.79 Å². The summed E-state index contributed by atoms with van der Waals surface area (Å²) in [6.07, 6.45) is 2.96. The molecule has 3 nitrogen and oxygen atoms in total. The van der Waals surface area contributed by atoms with Crippen molar-refractivity contribution in [2.45, 2.75) is 25.3 Å². The maximum absolute atomic E-state index is 13.4. The Morgan fingerprint density at radius 2 is 2.12 bits per heavy atom. The van der Waals surface area contributed by atoms with Gasteiger partial charge < -0.3 is 10.6 Å². The van der Waals surface area contributed by atoms with Gasteiger partial charge in [-0.25, -0.2) is 4.39 Å². The van der Waals surface area contributed by atoms with Gasteiger partial charge in [0.1, 0.15) is 5.82 Å². The van der Waals surface area contributed by atoms with Crippen molar-refractivity contribution in [3.05, 3.63) is 22.4 Å². The second-order valence-electron chi connectivity index (χ2n) is 4.59. The van der Waals surface area contributed by atoms with Gasteiger partial charge in [0.25, 0.3) is 0 Å². The van der Waals surface area contributed by atoms with E-state index < -0.39 is 0 Å². The van der Waals surface area contributed by atoms with Crippen LogP contribution in [0.15, 0.2) is 16.6 Å². The molecule has 1 aliphatic carbocycles. The molecule has 1 aromatic rings. The summed E-state index contributed by atoms with van der Waals surface area (Å²) in [5.41, 5.74) is 1.33. The molecule has 1 saturated carbocycles. The van der Waals surface area contributed by atoms with Gasteiger partial charge in [-0.05, 0) is 34.8 Å². The van der Waals surface area contributed by atoms with Crippen LogP contribution < -0.4 is 10.6 Å². The second-order valence-corrected chi connectivity index (χ2v) is 5.44. The Hall–Kier alpha value is -1.10. The molecule has 1 heterocycles. The summed E-state index contributed by atoms with van der Waals surface area (Å²) in [7, 11) is 0. The Morgan fingerprint density at radius 3 is 2.94 bits per heavy atom. The molecule has 0 bridgehead atoms. The minimum Gasteiger partial charge on any atom is -0.380 e. The van der Waals surface area contributed by atoms with Crippen molar-refractivity contribution in [1.29, 1.82) is 0 Å². The van der Waals surface area contributed by atoms with E-state index in [2.05, 4.69) is 26.6 Å². The van der Waals surface area contributed by atoms with Crippen molar-refractivity contribution in [3.8, 4) is 0 Å². The van der Waals surface area contributed by atoms with Crippen LogP contribution in [0.25, 0.3) is 0 Å². The highest BCUT2D eigenvalue weighted by Gasteiger charge is 2.35. The van der Waals surface area contributed by atoms with Crippen LogP contribution in [0.2, 0.25) is 0 Å². The van der Waals surface area contributed by atoms with Crippen LogP contribution in [-0.4, -0.2) is 11.9 Å². The molecule has 2 unspecified atom stereocenters. The molecule has 1 aliphatic heterocycles. The van der Waals surface area contributed by atoms with E-state index in [1.165, 1.54) is 6.07 Å². The first-order valence-electron chi connectivity index (χ1n) is 5.71. The summed E-state index contributed by atoms with van der Waals surface area (Å²) in [5, 5.41) is 6.14. The third-order valence-electron chi connectivity index (χ3n) is 3.51. The Morgan fingerprint density at radius 1 is 1.29 bits per heavy atom. The van der Waals surface area contributed by atoms with Crippen molar-refractivity contribution in [2.75, 3.05) is 10.6 Å². The lowest BCUT2D eigenvalue weighted by Crippen LogP contribution is -2.30. The molecule has 1 aromatic carbocycles. The fourth-order valence-corrected chi connectivity index (χ4v) is 2.98. The smallest absolute Gasteiger partial charge is 0.229 e. The summed E-state index contributed by atoms with van der Waals surface area (Å²) in [6, 6.07) is 3.21. The van der Waals surface area contributed by atoms with Gasteiger partial charge in [-0.1, -0.05) is 6.42 Å². The SMILES string of the molecule is O=C1Nc2cc(F)c(Br)cc2NC2CCCC12. The quantitative estimate of drug-likeness (QED) is 0.773. The molecule has 1 amide bonds. The fourth-order valence-electron chi connectivity index (χ4n) is 2.64. The van der Waals surface area contributed by atoms with E-state index in [0.29, 0.717) is 10.2 Å². The van der Waals surface area contributed by atoms with Crippen molar-refractivity contribution in [3.63, 3.8) is 0 Å². The van der Waals surface area contributed by atoms with E-state index in [4.69, 9.17) is 0 Å². The van der Waals surface area contributed by atoms with Crippen LogP contribution in [0.3, 0.4) is 0 Å². The summed E-state index contributed by atoms with van der Waals surface area (Å²) >= 11 is 3.16. The maximum atomic E-state index is 13.4. The lowest BCUT2D eigenvalue weighted by atomic mass is 10.0. The van der Waals surface area contributed by atoms with Gasteiger partial charge in [0.15, 0.2) is 0 Å². The van der Waals surface area contributed by atoms with Crippen LogP contribution in [-0.2, 0) is 4.79 Å². The molecular weight excluding hydrogens is 287 g/mol. The Balaban J connectivity index is 2.04. The number of hydrogen-bond acceptors (Lipinski definition) is 2. The zero-order valence-electron chi connectivity index (χ0n) is 9.09. The number of fused-ring (bicyclic) bond motifs is 2. The standard InChI is InChI=1S/C12H12BrFN2O/c13-7-4-10-11(5-8(7)14)16-12(17)6-2-1-3-9(6)15-10/h4-6,9,15H,1-3H2,(H,16,17). The lowest BCUT2D eigenvalue weighted by Gasteiger charge is -2.16. The maximum Gasteiger partial charge on any atom is 0.229 e. The number of hydrogen-bond donors (Lipinski definition) is 2. The molecule has 2 aliphatic rings. The average molecular weight is 299 g/mol. The minimum absolute atomic E-state index is 0.000437. The zero-order chi connectivity index (χ0) is 12.0. The summed E-state index contributed by atoms with van der Waals surface area (Å²) < 4.78 is 13.8. The van der Waals surface area contributed by atoms with E-state index in [1.54, 1.807) is 6.07 Å². The normalized spacial score (nSPS) is 26.6. The Bertz CT molecular complexity index is 492. The predicted molar refractivity (Wildman–Crippen MR) is 67.5 cm³/mol. The number of halogens is 2. The number of amides is 1. The van der Waals surface area contributed by atoms with Crippen LogP contribution in [0.5, 0.6) is 0 Å². The lowest BCUT2D eigenvalue weighted by molar-refractivity contribution is -0.119. The molecule has 2 atom stereocenters. The molecule has 0 saturated heterocycles. The highest BCUT2D eigenvalue weighted by atomic mass is 79.9. The Kier molecular flexibility index (Phi) is 2.58. The van der Waals surface area contributed by atoms with E-state index >= 15 is 0 Å². The van der Waals surface area contributed by atoms with Crippen LogP contribution >= 0.6 is 15.9 Å². The summed E-state index contributed by atoms with van der Waals surface area (Å²) in [5.74, 6) is -0.359. The number of carbonyl (C=O) groups is 1. The third kappa shape index (κ3) is 1.82. The van der Waals surface area contributed by atoms with Gasteiger partial charge in [0.05, 0.1) is 21.8 Å². The molecule has 3 rings (SSSR count). The first-order chi connectivity index (χ1) is 8.15. The monoisotopic (exact) mass is 298 g/mol. The highest BCUT2D eigenvalue weighted by Crippen LogP contribution is 2.37. The summed E-state index contributed by atoms with van der Waals surface area (Å²) in [6.45, 7) is 0. The zero-order valence-corrected chi connectivity index (χ0v) is 10.7. The molecule has 0 radical (unpaired) electrons. The number of benzene rings is 1. The minimum atomic E-state index is -0.363.